The Bertz CT molecular complexity index is 873. The maximum absolute atomic E-state index is 13.1. The highest BCUT2D eigenvalue weighted by Crippen LogP contribution is 2.38. The maximum atomic E-state index is 13.1. The molecule has 3 heterocycles. The number of piperidine rings is 1. The Morgan fingerprint density at radius 3 is 2.83 bits per heavy atom. The number of amides is 1. The van der Waals surface area contributed by atoms with Crippen molar-refractivity contribution in [1.29, 1.82) is 0 Å². The van der Waals surface area contributed by atoms with E-state index in [1.165, 1.54) is 22.1 Å². The molecule has 1 N–H and O–H groups in total. The number of aliphatic hydroxyl groups is 1. The van der Waals surface area contributed by atoms with Gasteiger partial charge in [0.05, 0.1) is 26.4 Å². The van der Waals surface area contributed by atoms with Crippen LogP contribution in [0.25, 0.3) is 10.1 Å². The van der Waals surface area contributed by atoms with Gasteiger partial charge in [-0.05, 0) is 47.7 Å². The summed E-state index contributed by atoms with van der Waals surface area (Å²) in [5.41, 5.74) is 1.22. The van der Waals surface area contributed by atoms with Crippen molar-refractivity contribution >= 4 is 27.3 Å². The molecule has 6 nitrogen and oxygen atoms in total. The van der Waals surface area contributed by atoms with Crippen LogP contribution in [0, 0.1) is 0 Å². The minimum atomic E-state index is -0.500. The standard InChI is InChI=1S/C23H29NO5S/c25-10-11-27-12-13-28-22-15-17(19-16-30-21-7-3-2-6-18(19)21)14-20(29-22)23(26)24-8-4-1-5-9-24/h2-3,6-7,14,16-17,22,25H,1,4-5,8-13,15H2/t17-,22+/m1/s1. The second-order valence-electron chi connectivity index (χ2n) is 7.67. The van der Waals surface area contributed by atoms with Crippen molar-refractivity contribution in [3.8, 4) is 0 Å². The van der Waals surface area contributed by atoms with E-state index < -0.39 is 6.29 Å². The highest BCUT2D eigenvalue weighted by molar-refractivity contribution is 7.17. The van der Waals surface area contributed by atoms with Crippen molar-refractivity contribution in [2.45, 2.75) is 37.9 Å². The summed E-state index contributed by atoms with van der Waals surface area (Å²) in [6, 6.07) is 8.36. The van der Waals surface area contributed by atoms with E-state index in [1.54, 1.807) is 11.3 Å². The van der Waals surface area contributed by atoms with Gasteiger partial charge < -0.3 is 24.2 Å². The number of carbonyl (C=O) groups excluding carboxylic acids is 1. The molecule has 1 aromatic heterocycles. The summed E-state index contributed by atoms with van der Waals surface area (Å²) < 4.78 is 18.4. The molecule has 2 aromatic rings. The quantitative estimate of drug-likeness (QED) is 0.646. The zero-order chi connectivity index (χ0) is 20.8. The molecule has 1 saturated heterocycles. The van der Waals surface area contributed by atoms with Gasteiger partial charge in [0, 0.05) is 30.1 Å². The molecule has 4 rings (SSSR count). The number of aliphatic hydroxyl groups excluding tert-OH is 1. The minimum absolute atomic E-state index is 0.00947. The fourth-order valence-corrected chi connectivity index (χ4v) is 5.10. The predicted octanol–water partition coefficient (Wildman–Crippen LogP) is 3.65. The highest BCUT2D eigenvalue weighted by Gasteiger charge is 2.32. The Balaban J connectivity index is 1.53. The molecular formula is C23H29NO5S. The Labute approximate surface area is 181 Å². The summed E-state index contributed by atoms with van der Waals surface area (Å²) in [5.74, 6) is 0.413. The molecule has 2 atom stereocenters. The van der Waals surface area contributed by atoms with Crippen molar-refractivity contribution in [3.63, 3.8) is 0 Å². The van der Waals surface area contributed by atoms with Crippen LogP contribution in [0.2, 0.25) is 0 Å². The van der Waals surface area contributed by atoms with Crippen LogP contribution >= 0.6 is 11.3 Å². The Morgan fingerprint density at radius 2 is 2.00 bits per heavy atom. The van der Waals surface area contributed by atoms with Crippen molar-refractivity contribution in [2.75, 3.05) is 39.5 Å². The van der Waals surface area contributed by atoms with Crippen LogP contribution in [0.15, 0.2) is 41.5 Å². The zero-order valence-corrected chi connectivity index (χ0v) is 17.9. The number of carbonyl (C=O) groups is 1. The fraction of sp³-hybridized carbons (Fsp3) is 0.522. The van der Waals surface area contributed by atoms with Crippen LogP contribution in [0.3, 0.4) is 0 Å². The molecule has 0 bridgehead atoms. The third kappa shape index (κ3) is 5.03. The Kier molecular flexibility index (Phi) is 7.38. The van der Waals surface area contributed by atoms with Crippen LogP contribution < -0.4 is 0 Å². The van der Waals surface area contributed by atoms with Crippen molar-refractivity contribution in [1.82, 2.24) is 4.90 Å². The second-order valence-corrected chi connectivity index (χ2v) is 8.58. The Morgan fingerprint density at radius 1 is 1.17 bits per heavy atom. The molecule has 0 unspecified atom stereocenters. The third-order valence-electron chi connectivity index (χ3n) is 5.59. The lowest BCUT2D eigenvalue weighted by Gasteiger charge is -2.33. The molecule has 30 heavy (non-hydrogen) atoms. The van der Waals surface area contributed by atoms with Gasteiger partial charge in [0.1, 0.15) is 0 Å². The number of thiophene rings is 1. The molecule has 1 aromatic carbocycles. The zero-order valence-electron chi connectivity index (χ0n) is 17.1. The van der Waals surface area contributed by atoms with Gasteiger partial charge >= 0.3 is 0 Å². The normalized spacial score (nSPS) is 22.0. The molecular weight excluding hydrogens is 402 g/mol. The van der Waals surface area contributed by atoms with Crippen LogP contribution in [0.4, 0.5) is 0 Å². The summed E-state index contributed by atoms with van der Waals surface area (Å²) in [6.45, 7) is 2.58. The lowest BCUT2D eigenvalue weighted by Crippen LogP contribution is -2.39. The van der Waals surface area contributed by atoms with E-state index in [0.717, 1.165) is 25.9 Å². The van der Waals surface area contributed by atoms with E-state index in [-0.39, 0.29) is 25.0 Å². The molecule has 7 heteroatoms. The first-order valence-electron chi connectivity index (χ1n) is 10.7. The van der Waals surface area contributed by atoms with Gasteiger partial charge in [0.15, 0.2) is 5.76 Å². The van der Waals surface area contributed by atoms with E-state index in [1.807, 2.05) is 23.1 Å². The van der Waals surface area contributed by atoms with Crippen molar-refractivity contribution < 1.29 is 24.1 Å². The van der Waals surface area contributed by atoms with Gasteiger partial charge in [-0.2, -0.15) is 0 Å². The Hall–Kier alpha value is -1.93. The van der Waals surface area contributed by atoms with Crippen molar-refractivity contribution in [3.05, 3.63) is 47.0 Å². The third-order valence-corrected chi connectivity index (χ3v) is 6.57. The number of benzene rings is 1. The molecule has 2 aliphatic rings. The number of nitrogens with zero attached hydrogens (tertiary/aromatic N) is 1. The highest BCUT2D eigenvalue weighted by atomic mass is 32.1. The maximum Gasteiger partial charge on any atom is 0.288 e. The number of allylic oxidation sites excluding steroid dienone is 1. The van der Waals surface area contributed by atoms with E-state index in [4.69, 9.17) is 19.3 Å². The van der Waals surface area contributed by atoms with Gasteiger partial charge in [-0.3, -0.25) is 4.79 Å². The molecule has 1 amide bonds. The monoisotopic (exact) mass is 431 g/mol. The molecule has 0 saturated carbocycles. The van der Waals surface area contributed by atoms with E-state index in [2.05, 4.69) is 17.5 Å². The average molecular weight is 432 g/mol. The molecule has 1 fully saturated rings. The predicted molar refractivity (Wildman–Crippen MR) is 116 cm³/mol. The molecule has 0 spiro atoms. The number of hydrogen-bond acceptors (Lipinski definition) is 6. The summed E-state index contributed by atoms with van der Waals surface area (Å²) >= 11 is 1.72. The summed E-state index contributed by atoms with van der Waals surface area (Å²) in [6.07, 6.45) is 5.39. The molecule has 2 aliphatic heterocycles. The summed E-state index contributed by atoms with van der Waals surface area (Å²) in [5, 5.41) is 12.2. The van der Waals surface area contributed by atoms with Crippen molar-refractivity contribution in [2.24, 2.45) is 0 Å². The molecule has 162 valence electrons. The first-order valence-corrected chi connectivity index (χ1v) is 11.6. The lowest BCUT2D eigenvalue weighted by atomic mass is 9.92. The number of likely N-dealkylation sites (tertiary alicyclic amines) is 1. The van der Waals surface area contributed by atoms with E-state index in [0.29, 0.717) is 25.4 Å². The first kappa shape index (κ1) is 21.3. The topological polar surface area (TPSA) is 68.2 Å². The van der Waals surface area contributed by atoms with E-state index in [9.17, 15) is 4.79 Å². The van der Waals surface area contributed by atoms with E-state index >= 15 is 0 Å². The van der Waals surface area contributed by atoms with Gasteiger partial charge in [-0.15, -0.1) is 11.3 Å². The van der Waals surface area contributed by atoms with Crippen LogP contribution in [-0.4, -0.2) is 61.7 Å². The number of hydrogen-bond donors (Lipinski definition) is 1. The molecule has 0 radical (unpaired) electrons. The average Bonchev–Trinajstić information content (AvgIpc) is 3.23. The SMILES string of the molecule is O=C(C1=C[C@@H](c2csc3ccccc23)C[C@@H](OCCOCCO)O1)N1CCCCC1. The fourth-order valence-electron chi connectivity index (χ4n) is 4.07. The number of rotatable bonds is 8. The van der Waals surface area contributed by atoms with Gasteiger partial charge in [0.2, 0.25) is 6.29 Å². The summed E-state index contributed by atoms with van der Waals surface area (Å²) in [7, 11) is 0. The second kappa shape index (κ2) is 10.4. The first-order chi connectivity index (χ1) is 14.8. The summed E-state index contributed by atoms with van der Waals surface area (Å²) in [4.78, 5) is 15.0. The largest absolute Gasteiger partial charge is 0.459 e. The van der Waals surface area contributed by atoms with Gasteiger partial charge in [-0.25, -0.2) is 0 Å². The number of ether oxygens (including phenoxy) is 3. The minimum Gasteiger partial charge on any atom is -0.459 e. The number of fused-ring (bicyclic) bond motifs is 1. The lowest BCUT2D eigenvalue weighted by molar-refractivity contribution is -0.157. The van der Waals surface area contributed by atoms with Crippen LogP contribution in [-0.2, 0) is 19.0 Å². The van der Waals surface area contributed by atoms with Crippen LogP contribution in [0.1, 0.15) is 37.2 Å². The molecule has 0 aliphatic carbocycles. The van der Waals surface area contributed by atoms with Gasteiger partial charge in [-0.1, -0.05) is 18.2 Å². The van der Waals surface area contributed by atoms with Gasteiger partial charge in [0.25, 0.3) is 5.91 Å². The van der Waals surface area contributed by atoms with Crippen LogP contribution in [0.5, 0.6) is 0 Å². The smallest absolute Gasteiger partial charge is 0.288 e.